The van der Waals surface area contributed by atoms with Crippen molar-refractivity contribution in [1.82, 2.24) is 5.32 Å². The van der Waals surface area contributed by atoms with Crippen molar-refractivity contribution in [2.24, 2.45) is 0 Å². The minimum atomic E-state index is 0.742. The van der Waals surface area contributed by atoms with Crippen LogP contribution in [-0.4, -0.2) is 6.04 Å². The van der Waals surface area contributed by atoms with Gasteiger partial charge in [0.1, 0.15) is 5.58 Å². The van der Waals surface area contributed by atoms with Gasteiger partial charge in [-0.05, 0) is 50.3 Å². The molecule has 1 N–H and O–H groups in total. The summed E-state index contributed by atoms with van der Waals surface area (Å²) in [5, 5.41) is 4.86. The third-order valence-electron chi connectivity index (χ3n) is 3.79. The van der Waals surface area contributed by atoms with Gasteiger partial charge in [-0.3, -0.25) is 0 Å². The summed E-state index contributed by atoms with van der Waals surface area (Å²) in [7, 11) is 0. The molecule has 2 heteroatoms. The van der Waals surface area contributed by atoms with Crippen molar-refractivity contribution in [2.45, 2.75) is 46.2 Å². The Morgan fingerprint density at radius 2 is 2.00 bits per heavy atom. The van der Waals surface area contributed by atoms with Gasteiger partial charge >= 0.3 is 0 Å². The Hall–Kier alpha value is -1.28. The maximum absolute atomic E-state index is 5.75. The standard InChI is InChI=1S/C15H19NO/c1-9-6-10(2)14-12(7-16-13-4-5-13)8-17-15(14)11(9)3/h6,8,13,16H,4-5,7H2,1-3H3. The molecular formula is C15H19NO. The smallest absolute Gasteiger partial charge is 0.137 e. The van der Waals surface area contributed by atoms with Gasteiger partial charge in [-0.25, -0.2) is 0 Å². The Bertz CT molecular complexity index is 564. The highest BCUT2D eigenvalue weighted by Crippen LogP contribution is 2.30. The van der Waals surface area contributed by atoms with E-state index >= 15 is 0 Å². The highest BCUT2D eigenvalue weighted by atomic mass is 16.3. The van der Waals surface area contributed by atoms with Gasteiger partial charge in [0.25, 0.3) is 0 Å². The quantitative estimate of drug-likeness (QED) is 0.869. The third kappa shape index (κ3) is 1.87. The van der Waals surface area contributed by atoms with Gasteiger partial charge in [-0.2, -0.15) is 0 Å². The third-order valence-corrected chi connectivity index (χ3v) is 3.79. The highest BCUT2D eigenvalue weighted by Gasteiger charge is 2.21. The van der Waals surface area contributed by atoms with Crippen LogP contribution in [0.3, 0.4) is 0 Å². The number of benzene rings is 1. The van der Waals surface area contributed by atoms with E-state index in [0.717, 1.165) is 18.2 Å². The van der Waals surface area contributed by atoms with Gasteiger partial charge in [-0.15, -0.1) is 0 Å². The molecule has 0 bridgehead atoms. The van der Waals surface area contributed by atoms with Crippen LogP contribution in [-0.2, 0) is 6.54 Å². The molecule has 2 nitrogen and oxygen atoms in total. The highest BCUT2D eigenvalue weighted by molar-refractivity contribution is 5.88. The average molecular weight is 229 g/mol. The number of rotatable bonds is 3. The summed E-state index contributed by atoms with van der Waals surface area (Å²) < 4.78 is 5.75. The topological polar surface area (TPSA) is 25.2 Å². The second-order valence-electron chi connectivity index (χ2n) is 5.26. The minimum Gasteiger partial charge on any atom is -0.464 e. The van der Waals surface area contributed by atoms with Gasteiger partial charge in [0.2, 0.25) is 0 Å². The number of fused-ring (bicyclic) bond motifs is 1. The summed E-state index contributed by atoms with van der Waals surface area (Å²) in [6.07, 6.45) is 4.57. The van der Waals surface area contributed by atoms with E-state index in [9.17, 15) is 0 Å². The Kier molecular flexibility index (Phi) is 2.48. The number of furan rings is 1. The van der Waals surface area contributed by atoms with Crippen molar-refractivity contribution in [2.75, 3.05) is 0 Å². The van der Waals surface area contributed by atoms with Crippen LogP contribution in [0.15, 0.2) is 16.7 Å². The predicted octanol–water partition coefficient (Wildman–Crippen LogP) is 3.61. The van der Waals surface area contributed by atoms with Gasteiger partial charge in [0.05, 0.1) is 6.26 Å². The normalized spacial score (nSPS) is 15.7. The molecule has 3 rings (SSSR count). The first-order chi connectivity index (χ1) is 8.16. The molecule has 1 aromatic heterocycles. The van der Waals surface area contributed by atoms with Crippen LogP contribution in [0.4, 0.5) is 0 Å². The lowest BCUT2D eigenvalue weighted by atomic mass is 10.00. The molecule has 90 valence electrons. The van der Waals surface area contributed by atoms with Crippen molar-refractivity contribution in [3.8, 4) is 0 Å². The minimum absolute atomic E-state index is 0.742. The van der Waals surface area contributed by atoms with Gasteiger partial charge in [0.15, 0.2) is 0 Å². The van der Waals surface area contributed by atoms with E-state index in [2.05, 4.69) is 32.2 Å². The van der Waals surface area contributed by atoms with Crippen molar-refractivity contribution in [1.29, 1.82) is 0 Å². The Morgan fingerprint density at radius 1 is 1.24 bits per heavy atom. The first-order valence-corrected chi connectivity index (χ1v) is 6.37. The van der Waals surface area contributed by atoms with E-state index in [0.29, 0.717) is 0 Å². The second kappa shape index (κ2) is 3.88. The monoisotopic (exact) mass is 229 g/mol. The van der Waals surface area contributed by atoms with E-state index in [-0.39, 0.29) is 0 Å². The molecular weight excluding hydrogens is 210 g/mol. The van der Waals surface area contributed by atoms with Crippen molar-refractivity contribution < 1.29 is 4.42 Å². The molecule has 1 aromatic carbocycles. The molecule has 0 radical (unpaired) electrons. The molecule has 1 saturated carbocycles. The number of hydrogen-bond acceptors (Lipinski definition) is 2. The van der Waals surface area contributed by atoms with Crippen molar-refractivity contribution in [3.63, 3.8) is 0 Å². The molecule has 2 aromatic rings. The second-order valence-corrected chi connectivity index (χ2v) is 5.26. The van der Waals surface area contributed by atoms with Crippen LogP contribution in [0.1, 0.15) is 35.1 Å². The fraction of sp³-hybridized carbons (Fsp3) is 0.467. The van der Waals surface area contributed by atoms with E-state index in [1.54, 1.807) is 0 Å². The summed E-state index contributed by atoms with van der Waals surface area (Å²) >= 11 is 0. The maximum atomic E-state index is 5.75. The molecule has 17 heavy (non-hydrogen) atoms. The largest absolute Gasteiger partial charge is 0.464 e. The summed E-state index contributed by atoms with van der Waals surface area (Å²) in [5.74, 6) is 0. The first kappa shape index (κ1) is 10.8. The van der Waals surface area contributed by atoms with Gasteiger partial charge in [0, 0.05) is 23.5 Å². The van der Waals surface area contributed by atoms with E-state index in [1.807, 2.05) is 6.26 Å². The molecule has 0 spiro atoms. The Balaban J connectivity index is 2.04. The number of nitrogens with one attached hydrogen (secondary N) is 1. The van der Waals surface area contributed by atoms with E-state index < -0.39 is 0 Å². The van der Waals surface area contributed by atoms with Crippen molar-refractivity contribution >= 4 is 11.0 Å². The molecule has 1 aliphatic carbocycles. The molecule has 1 heterocycles. The number of aryl methyl sites for hydroxylation is 3. The average Bonchev–Trinajstić information content (AvgIpc) is 3.02. The molecule has 0 amide bonds. The fourth-order valence-electron chi connectivity index (χ4n) is 2.46. The zero-order valence-corrected chi connectivity index (χ0v) is 10.8. The molecule has 1 aliphatic rings. The lowest BCUT2D eigenvalue weighted by Gasteiger charge is -2.06. The van der Waals surface area contributed by atoms with E-state index in [4.69, 9.17) is 4.42 Å². The molecule has 1 fully saturated rings. The van der Waals surface area contributed by atoms with Crippen LogP contribution in [0.25, 0.3) is 11.0 Å². The number of hydrogen-bond donors (Lipinski definition) is 1. The first-order valence-electron chi connectivity index (χ1n) is 6.37. The predicted molar refractivity (Wildman–Crippen MR) is 70.3 cm³/mol. The van der Waals surface area contributed by atoms with Crippen molar-refractivity contribution in [3.05, 3.63) is 34.6 Å². The fourth-order valence-corrected chi connectivity index (χ4v) is 2.46. The summed E-state index contributed by atoms with van der Waals surface area (Å²) in [6.45, 7) is 7.39. The van der Waals surface area contributed by atoms with E-state index in [1.165, 1.54) is 40.5 Å². The zero-order chi connectivity index (χ0) is 12.0. The van der Waals surface area contributed by atoms with Crippen LogP contribution in [0, 0.1) is 20.8 Å². The zero-order valence-electron chi connectivity index (χ0n) is 10.8. The Labute approximate surface area is 102 Å². The molecule has 0 unspecified atom stereocenters. The van der Waals surface area contributed by atoms with Crippen LogP contribution in [0.5, 0.6) is 0 Å². The SMILES string of the molecule is Cc1cc(C)c2c(CNC3CC3)coc2c1C. The van der Waals surface area contributed by atoms with Gasteiger partial charge < -0.3 is 9.73 Å². The van der Waals surface area contributed by atoms with Crippen LogP contribution < -0.4 is 5.32 Å². The van der Waals surface area contributed by atoms with Gasteiger partial charge in [-0.1, -0.05) is 6.07 Å². The van der Waals surface area contributed by atoms with Crippen LogP contribution in [0.2, 0.25) is 0 Å². The molecule has 0 saturated heterocycles. The molecule has 0 atom stereocenters. The lowest BCUT2D eigenvalue weighted by Crippen LogP contribution is -2.15. The van der Waals surface area contributed by atoms with Crippen LogP contribution >= 0.6 is 0 Å². The summed E-state index contributed by atoms with van der Waals surface area (Å²) in [6, 6.07) is 3.00. The lowest BCUT2D eigenvalue weighted by molar-refractivity contribution is 0.599. The molecule has 0 aliphatic heterocycles. The summed E-state index contributed by atoms with van der Waals surface area (Å²) in [4.78, 5) is 0. The summed E-state index contributed by atoms with van der Waals surface area (Å²) in [5.41, 5.74) is 6.27. The maximum Gasteiger partial charge on any atom is 0.137 e. The Morgan fingerprint density at radius 3 is 2.71 bits per heavy atom.